The molecule has 0 fully saturated rings. The van der Waals surface area contributed by atoms with E-state index in [1.807, 2.05) is 0 Å². The van der Waals surface area contributed by atoms with E-state index < -0.39 is 0 Å². The molecule has 6 aromatic rings. The van der Waals surface area contributed by atoms with E-state index in [4.69, 9.17) is 4.98 Å². The van der Waals surface area contributed by atoms with E-state index in [0.29, 0.717) is 0 Å². The van der Waals surface area contributed by atoms with Crippen molar-refractivity contribution in [3.63, 3.8) is 0 Å². The first-order valence-corrected chi connectivity index (χ1v) is 13.2. The van der Waals surface area contributed by atoms with Crippen LogP contribution in [0, 0.1) is 0 Å². The third kappa shape index (κ3) is 5.04. The van der Waals surface area contributed by atoms with E-state index in [1.54, 1.807) is 0 Å². The van der Waals surface area contributed by atoms with Gasteiger partial charge in [0.25, 0.3) is 0 Å². The average molecular weight is 473 g/mol. The van der Waals surface area contributed by atoms with Crippen LogP contribution in [0.15, 0.2) is 109 Å². The Balaban J connectivity index is 0.000000391. The zero-order valence-corrected chi connectivity index (χ0v) is 21.9. The number of imidazole rings is 1. The van der Waals surface area contributed by atoms with Gasteiger partial charge in [-0.25, -0.2) is 4.98 Å². The molecule has 0 atom stereocenters. The number of benzene rings is 4. The first kappa shape index (κ1) is 25.2. The first-order valence-electron chi connectivity index (χ1n) is 13.2. The Bertz CT molecular complexity index is 1530. The van der Waals surface area contributed by atoms with Gasteiger partial charge in [-0.15, -0.1) is 0 Å². The third-order valence-electron chi connectivity index (χ3n) is 6.07. The van der Waals surface area contributed by atoms with Crippen molar-refractivity contribution < 1.29 is 0 Å². The summed E-state index contributed by atoms with van der Waals surface area (Å²) in [7, 11) is 0. The van der Waals surface area contributed by atoms with E-state index in [9.17, 15) is 0 Å². The smallest absolute Gasteiger partial charge is 0.146 e. The summed E-state index contributed by atoms with van der Waals surface area (Å²) in [5.74, 6) is 0. The molecule has 0 spiro atoms. The van der Waals surface area contributed by atoms with Crippen LogP contribution in [-0.4, -0.2) is 9.38 Å². The van der Waals surface area contributed by atoms with Gasteiger partial charge in [-0.1, -0.05) is 144 Å². The lowest BCUT2D eigenvalue weighted by atomic mass is 9.93. The summed E-state index contributed by atoms with van der Waals surface area (Å²) < 4.78 is 2.33. The van der Waals surface area contributed by atoms with Crippen LogP contribution in [0.3, 0.4) is 0 Å². The van der Waals surface area contributed by atoms with Gasteiger partial charge in [-0.2, -0.15) is 0 Å². The molecule has 36 heavy (non-hydrogen) atoms. The van der Waals surface area contributed by atoms with E-state index in [2.05, 4.69) is 141 Å². The molecule has 0 radical (unpaired) electrons. The summed E-state index contributed by atoms with van der Waals surface area (Å²) in [6.07, 6.45) is 3.89. The highest BCUT2D eigenvalue weighted by molar-refractivity contribution is 6.10. The molecule has 4 aromatic carbocycles. The van der Waals surface area contributed by atoms with Crippen molar-refractivity contribution in [2.45, 2.75) is 47.0 Å². The van der Waals surface area contributed by atoms with Crippen LogP contribution in [0.1, 0.15) is 47.0 Å². The second-order valence-corrected chi connectivity index (χ2v) is 8.97. The number of hydrogen-bond donors (Lipinski definition) is 0. The van der Waals surface area contributed by atoms with Gasteiger partial charge in [-0.3, -0.25) is 4.40 Å². The van der Waals surface area contributed by atoms with Gasteiger partial charge in [0, 0.05) is 10.9 Å². The van der Waals surface area contributed by atoms with Crippen molar-refractivity contribution in [2.75, 3.05) is 0 Å². The van der Waals surface area contributed by atoms with Crippen LogP contribution in [0.5, 0.6) is 0 Å². The summed E-state index contributed by atoms with van der Waals surface area (Å²) in [5.41, 5.74) is 7.96. The van der Waals surface area contributed by atoms with Crippen LogP contribution < -0.4 is 0 Å². The molecule has 0 aliphatic heterocycles. The van der Waals surface area contributed by atoms with Crippen molar-refractivity contribution in [3.8, 4) is 22.4 Å². The lowest BCUT2D eigenvalue weighted by Gasteiger charge is -2.17. The second-order valence-electron chi connectivity index (χ2n) is 8.97. The minimum absolute atomic E-state index is 1.00. The Morgan fingerprint density at radius 2 is 1.06 bits per heavy atom. The summed E-state index contributed by atoms with van der Waals surface area (Å²) >= 11 is 0. The molecule has 0 saturated heterocycles. The molecule has 0 amide bonds. The zero-order valence-electron chi connectivity index (χ0n) is 21.9. The Morgan fingerprint density at radius 3 is 1.67 bits per heavy atom. The fourth-order valence-electron chi connectivity index (χ4n) is 4.33. The number of pyridine rings is 1. The van der Waals surface area contributed by atoms with Gasteiger partial charge in [0.05, 0.1) is 16.7 Å². The normalized spacial score (nSPS) is 10.6. The summed E-state index contributed by atoms with van der Waals surface area (Å²) in [6, 6.07) is 38.3. The minimum atomic E-state index is 1.00. The maximum atomic E-state index is 5.03. The molecule has 182 valence electrons. The lowest BCUT2D eigenvalue weighted by Crippen LogP contribution is -1.98. The van der Waals surface area contributed by atoms with Crippen LogP contribution in [-0.2, 0) is 0 Å². The van der Waals surface area contributed by atoms with Gasteiger partial charge in [0.2, 0.25) is 0 Å². The van der Waals surface area contributed by atoms with Gasteiger partial charge < -0.3 is 0 Å². The first-order chi connectivity index (χ1) is 17.7. The molecule has 0 N–H and O–H groups in total. The van der Waals surface area contributed by atoms with Crippen molar-refractivity contribution >= 4 is 27.5 Å². The molecule has 2 heterocycles. The molecule has 0 bridgehead atoms. The van der Waals surface area contributed by atoms with E-state index in [1.165, 1.54) is 52.4 Å². The number of unbranched alkanes of at least 4 members (excludes halogenated alkanes) is 1. The molecule has 6 rings (SSSR count). The van der Waals surface area contributed by atoms with Gasteiger partial charge in [0.15, 0.2) is 0 Å². The molecular weight excluding hydrogens is 436 g/mol. The fraction of sp³-hybridized carbons (Fsp3) is 0.206. The average Bonchev–Trinajstić information content (AvgIpc) is 3.33. The topological polar surface area (TPSA) is 17.3 Å². The Kier molecular flexibility index (Phi) is 8.52. The highest BCUT2D eigenvalue weighted by Crippen LogP contribution is 2.41. The van der Waals surface area contributed by atoms with Gasteiger partial charge >= 0.3 is 0 Å². The molecule has 2 heteroatoms. The third-order valence-corrected chi connectivity index (χ3v) is 6.07. The van der Waals surface area contributed by atoms with Crippen molar-refractivity contribution in [3.05, 3.63) is 109 Å². The standard InChI is InChI=1S/C27H18N2.C4H10.C3H8/c1-3-11-19(12-4-1)25-21-15-7-8-16-22(21)27-28-23-17-9-10-18-24(23)29(27)26(25)20-13-5-2-6-14-20;1-3-4-2;1-3-2/h1-18H;3-4H2,1-2H3;3H2,1-2H3. The molecule has 2 nitrogen and oxygen atoms in total. The maximum absolute atomic E-state index is 5.03. The number of hydrogen-bond acceptors (Lipinski definition) is 1. The van der Waals surface area contributed by atoms with E-state index in [0.717, 1.165) is 16.7 Å². The number of nitrogens with zero attached hydrogens (tertiary/aromatic N) is 2. The van der Waals surface area contributed by atoms with Gasteiger partial charge in [-0.05, 0) is 28.6 Å². The maximum Gasteiger partial charge on any atom is 0.146 e. The summed E-state index contributed by atoms with van der Waals surface area (Å²) in [5, 5.41) is 2.39. The molecule has 2 aromatic heterocycles. The van der Waals surface area contributed by atoms with Crippen molar-refractivity contribution in [2.24, 2.45) is 0 Å². The van der Waals surface area contributed by atoms with Gasteiger partial charge in [0.1, 0.15) is 5.65 Å². The largest absolute Gasteiger partial charge is 0.291 e. The Hall–Kier alpha value is -3.91. The van der Waals surface area contributed by atoms with E-state index in [-0.39, 0.29) is 0 Å². The lowest BCUT2D eigenvalue weighted by molar-refractivity contribution is 0.886. The monoisotopic (exact) mass is 472 g/mol. The van der Waals surface area contributed by atoms with Crippen molar-refractivity contribution in [1.29, 1.82) is 0 Å². The number of rotatable bonds is 3. The quantitative estimate of drug-likeness (QED) is 0.250. The molecule has 0 saturated carbocycles. The Labute approximate surface area is 215 Å². The summed E-state index contributed by atoms with van der Waals surface area (Å²) in [4.78, 5) is 5.03. The second kappa shape index (κ2) is 12.2. The highest BCUT2D eigenvalue weighted by atomic mass is 15.0. The van der Waals surface area contributed by atoms with Crippen LogP contribution in [0.4, 0.5) is 0 Å². The number of aromatic nitrogens is 2. The summed E-state index contributed by atoms with van der Waals surface area (Å²) in [6.45, 7) is 8.61. The van der Waals surface area contributed by atoms with Crippen molar-refractivity contribution in [1.82, 2.24) is 9.38 Å². The minimum Gasteiger partial charge on any atom is -0.291 e. The SMILES string of the molecule is CCC.CCCC.c1ccc(-c2c(-c3ccccc3)n3c4ccccc4nc3c3ccccc23)cc1. The fourth-order valence-corrected chi connectivity index (χ4v) is 4.33. The number of fused-ring (bicyclic) bond motifs is 5. The Morgan fingerprint density at radius 1 is 0.556 bits per heavy atom. The molecule has 0 aliphatic rings. The van der Waals surface area contributed by atoms with E-state index >= 15 is 0 Å². The van der Waals surface area contributed by atoms with Crippen LogP contribution in [0.2, 0.25) is 0 Å². The van der Waals surface area contributed by atoms with Crippen LogP contribution in [0.25, 0.3) is 49.8 Å². The molecule has 0 unspecified atom stereocenters. The number of para-hydroxylation sites is 2. The zero-order chi connectivity index (χ0) is 25.3. The molecular formula is C34H36N2. The molecule has 0 aliphatic carbocycles. The highest BCUT2D eigenvalue weighted by Gasteiger charge is 2.20. The predicted octanol–water partition coefficient (Wildman–Crippen LogP) is 10.2. The van der Waals surface area contributed by atoms with Crippen LogP contribution >= 0.6 is 0 Å². The predicted molar refractivity (Wildman–Crippen MR) is 158 cm³/mol.